The van der Waals surface area contributed by atoms with Crippen LogP contribution in [0, 0.1) is 11.3 Å². The van der Waals surface area contributed by atoms with Gasteiger partial charge in [0.1, 0.15) is 28.5 Å². The van der Waals surface area contributed by atoms with E-state index in [0.717, 1.165) is 35.2 Å². The van der Waals surface area contributed by atoms with Crippen molar-refractivity contribution in [3.8, 4) is 17.2 Å². The number of nitrogens with zero attached hydrogens (tertiary/aromatic N) is 4. The fraction of sp³-hybridized carbons (Fsp3) is 0.250. The Labute approximate surface area is 131 Å². The van der Waals surface area contributed by atoms with Crippen molar-refractivity contribution in [2.45, 2.75) is 25.3 Å². The van der Waals surface area contributed by atoms with Gasteiger partial charge in [0.25, 0.3) is 0 Å². The van der Waals surface area contributed by atoms with Gasteiger partial charge in [0, 0.05) is 22.9 Å². The van der Waals surface area contributed by atoms with E-state index in [1.807, 2.05) is 18.2 Å². The van der Waals surface area contributed by atoms with E-state index in [-0.39, 0.29) is 11.9 Å². The topological polar surface area (TPSA) is 128 Å². The molecule has 2 aromatic heterocycles. The highest BCUT2D eigenvalue weighted by molar-refractivity contribution is 5.95. The van der Waals surface area contributed by atoms with Gasteiger partial charge in [-0.15, -0.1) is 0 Å². The molecule has 3 aromatic rings. The first kappa shape index (κ1) is 13.7. The van der Waals surface area contributed by atoms with E-state index in [0.29, 0.717) is 23.0 Å². The van der Waals surface area contributed by atoms with E-state index < -0.39 is 0 Å². The summed E-state index contributed by atoms with van der Waals surface area (Å²) in [5.41, 5.74) is 17.2. The molecular formula is C16H14N6O. The Morgan fingerprint density at radius 3 is 3.00 bits per heavy atom. The fourth-order valence-corrected chi connectivity index (χ4v) is 3.22. The summed E-state index contributed by atoms with van der Waals surface area (Å²) in [5.74, 6) is 0.241. The number of pyridine rings is 1. The van der Waals surface area contributed by atoms with Crippen molar-refractivity contribution in [2.24, 2.45) is 5.73 Å². The molecule has 0 bridgehead atoms. The number of nitriles is 1. The Bertz CT molecular complexity index is 955. The molecule has 23 heavy (non-hydrogen) atoms. The molecule has 1 aliphatic rings. The smallest absolute Gasteiger partial charge is 0.143 e. The Morgan fingerprint density at radius 2 is 2.17 bits per heavy atom. The Balaban J connectivity index is 2.10. The van der Waals surface area contributed by atoms with Crippen molar-refractivity contribution < 1.29 is 4.63 Å². The van der Waals surface area contributed by atoms with E-state index in [1.54, 1.807) is 0 Å². The first-order valence-corrected chi connectivity index (χ1v) is 7.37. The molecule has 2 heterocycles. The maximum Gasteiger partial charge on any atom is 0.143 e. The van der Waals surface area contributed by atoms with Gasteiger partial charge in [0.2, 0.25) is 0 Å². The van der Waals surface area contributed by atoms with E-state index in [2.05, 4.69) is 21.4 Å². The van der Waals surface area contributed by atoms with Crippen LogP contribution in [0.1, 0.15) is 23.2 Å². The molecular weight excluding hydrogens is 292 g/mol. The van der Waals surface area contributed by atoms with Crippen LogP contribution in [-0.4, -0.2) is 21.3 Å². The lowest BCUT2D eigenvalue weighted by atomic mass is 9.84. The minimum atomic E-state index is 0.0489. The lowest BCUT2D eigenvalue weighted by Gasteiger charge is -2.24. The average Bonchev–Trinajstić information content (AvgIpc) is 3.03. The molecule has 0 spiro atoms. The van der Waals surface area contributed by atoms with Crippen LogP contribution < -0.4 is 11.5 Å². The van der Waals surface area contributed by atoms with Gasteiger partial charge in [-0.3, -0.25) is 0 Å². The second-order valence-electron chi connectivity index (χ2n) is 5.72. The monoisotopic (exact) mass is 306 g/mol. The molecule has 4 rings (SSSR count). The summed E-state index contributed by atoms with van der Waals surface area (Å²) < 4.78 is 4.84. The molecule has 1 aliphatic carbocycles. The van der Waals surface area contributed by atoms with Crippen molar-refractivity contribution in [1.82, 2.24) is 15.3 Å². The predicted octanol–water partition coefficient (Wildman–Crippen LogP) is 1.55. The highest BCUT2D eigenvalue weighted by Gasteiger charge is 2.26. The first-order chi connectivity index (χ1) is 11.2. The summed E-state index contributed by atoms with van der Waals surface area (Å²) in [6.07, 6.45) is 2.28. The lowest BCUT2D eigenvalue weighted by molar-refractivity contribution is 0.315. The van der Waals surface area contributed by atoms with Crippen molar-refractivity contribution in [3.63, 3.8) is 0 Å². The maximum absolute atomic E-state index is 9.59. The van der Waals surface area contributed by atoms with E-state index in [1.165, 1.54) is 0 Å². The van der Waals surface area contributed by atoms with E-state index in [9.17, 15) is 5.26 Å². The molecule has 0 radical (unpaired) electrons. The molecule has 0 amide bonds. The normalized spacial score (nSPS) is 17.0. The molecule has 1 unspecified atom stereocenters. The minimum absolute atomic E-state index is 0.0489. The zero-order chi connectivity index (χ0) is 16.0. The zero-order valence-corrected chi connectivity index (χ0v) is 12.3. The second kappa shape index (κ2) is 5.04. The van der Waals surface area contributed by atoms with Crippen LogP contribution in [0.5, 0.6) is 0 Å². The Hall–Kier alpha value is -2.98. The maximum atomic E-state index is 9.59. The second-order valence-corrected chi connectivity index (χ2v) is 5.72. The van der Waals surface area contributed by atoms with Crippen molar-refractivity contribution in [3.05, 3.63) is 35.0 Å². The van der Waals surface area contributed by atoms with Crippen LogP contribution in [0.3, 0.4) is 0 Å². The van der Waals surface area contributed by atoms with Gasteiger partial charge in [-0.2, -0.15) is 5.26 Å². The molecule has 1 atom stereocenters. The third-order valence-corrected chi connectivity index (χ3v) is 4.30. The van der Waals surface area contributed by atoms with Gasteiger partial charge < -0.3 is 11.5 Å². The number of rotatable bonds is 1. The van der Waals surface area contributed by atoms with Crippen LogP contribution in [0.15, 0.2) is 22.8 Å². The highest BCUT2D eigenvalue weighted by atomic mass is 16.6. The molecule has 1 aromatic carbocycles. The third-order valence-electron chi connectivity index (χ3n) is 4.30. The molecule has 114 valence electrons. The standard InChI is InChI=1S/C16H14N6O/c17-7-11-14(9-2-1-3-13-15(9)22-23-21-13)10-6-8(18)4-5-12(10)20-16(11)19/h1-3,8H,4-6,18H2,(H2,19,20). The summed E-state index contributed by atoms with van der Waals surface area (Å²) in [6, 6.07) is 7.78. The van der Waals surface area contributed by atoms with Crippen molar-refractivity contribution in [1.29, 1.82) is 5.26 Å². The average molecular weight is 306 g/mol. The lowest BCUT2D eigenvalue weighted by Crippen LogP contribution is -2.29. The molecule has 4 N–H and O–H groups in total. The molecule has 7 heteroatoms. The van der Waals surface area contributed by atoms with Crippen LogP contribution >= 0.6 is 0 Å². The molecule has 0 saturated carbocycles. The van der Waals surface area contributed by atoms with Gasteiger partial charge in [-0.25, -0.2) is 9.61 Å². The minimum Gasteiger partial charge on any atom is -0.383 e. The quantitative estimate of drug-likeness (QED) is 0.698. The Kier molecular flexibility index (Phi) is 2.99. The zero-order valence-electron chi connectivity index (χ0n) is 12.3. The number of hydrogen-bond acceptors (Lipinski definition) is 7. The van der Waals surface area contributed by atoms with Crippen LogP contribution in [0.25, 0.3) is 22.2 Å². The molecule has 7 nitrogen and oxygen atoms in total. The summed E-state index contributed by atoms with van der Waals surface area (Å²) >= 11 is 0. The summed E-state index contributed by atoms with van der Waals surface area (Å²) in [6.45, 7) is 0. The number of nitrogens with two attached hydrogens (primary N) is 2. The van der Waals surface area contributed by atoms with Gasteiger partial charge in [-0.05, 0) is 41.2 Å². The number of anilines is 1. The van der Waals surface area contributed by atoms with Crippen LogP contribution in [-0.2, 0) is 12.8 Å². The molecule has 0 fully saturated rings. The first-order valence-electron chi connectivity index (χ1n) is 7.37. The van der Waals surface area contributed by atoms with Crippen LogP contribution in [0.4, 0.5) is 5.82 Å². The number of hydrogen-bond donors (Lipinski definition) is 2. The van der Waals surface area contributed by atoms with Crippen molar-refractivity contribution in [2.75, 3.05) is 5.73 Å². The highest BCUT2D eigenvalue weighted by Crippen LogP contribution is 2.38. The molecule has 0 aliphatic heterocycles. The number of fused-ring (bicyclic) bond motifs is 2. The number of aromatic nitrogens is 3. The Morgan fingerprint density at radius 1 is 1.30 bits per heavy atom. The summed E-state index contributed by atoms with van der Waals surface area (Å²) in [4.78, 5) is 4.41. The van der Waals surface area contributed by atoms with Gasteiger partial charge in [0.05, 0.1) is 0 Å². The van der Waals surface area contributed by atoms with Gasteiger partial charge in [-0.1, -0.05) is 12.1 Å². The number of aryl methyl sites for hydroxylation is 1. The SMILES string of the molecule is N#Cc1c(N)nc2c(c1-c1cccc3nonc13)CC(N)CC2. The van der Waals surface area contributed by atoms with Gasteiger partial charge >= 0.3 is 0 Å². The predicted molar refractivity (Wildman–Crippen MR) is 84.2 cm³/mol. The molecule has 0 saturated heterocycles. The van der Waals surface area contributed by atoms with Crippen LogP contribution in [0.2, 0.25) is 0 Å². The summed E-state index contributed by atoms with van der Waals surface area (Å²) in [7, 11) is 0. The fourth-order valence-electron chi connectivity index (χ4n) is 3.22. The van der Waals surface area contributed by atoms with E-state index in [4.69, 9.17) is 16.1 Å². The third kappa shape index (κ3) is 2.04. The van der Waals surface area contributed by atoms with Crippen molar-refractivity contribution >= 4 is 16.9 Å². The van der Waals surface area contributed by atoms with E-state index >= 15 is 0 Å². The summed E-state index contributed by atoms with van der Waals surface area (Å²) in [5, 5.41) is 17.4. The number of nitrogen functional groups attached to an aromatic ring is 1. The van der Waals surface area contributed by atoms with Gasteiger partial charge in [0.15, 0.2) is 0 Å². The largest absolute Gasteiger partial charge is 0.383 e. The number of benzene rings is 1.